The predicted molar refractivity (Wildman–Crippen MR) is 121 cm³/mol. The van der Waals surface area contributed by atoms with Gasteiger partial charge in [-0.1, -0.05) is 0 Å². The first-order valence-corrected chi connectivity index (χ1v) is 9.94. The van der Waals surface area contributed by atoms with E-state index in [4.69, 9.17) is 21.4 Å². The second-order valence-electron chi connectivity index (χ2n) is 6.57. The van der Waals surface area contributed by atoms with Crippen molar-refractivity contribution < 1.29 is 18.3 Å². The van der Waals surface area contributed by atoms with E-state index in [1.54, 1.807) is 54.6 Å². The van der Waals surface area contributed by atoms with Gasteiger partial charge < -0.3 is 14.5 Å². The Bertz CT molecular complexity index is 1240. The molecule has 0 aliphatic rings. The van der Waals surface area contributed by atoms with Crippen LogP contribution in [0.5, 0.6) is 5.75 Å². The van der Waals surface area contributed by atoms with E-state index >= 15 is 0 Å². The Labute approximate surface area is 183 Å². The lowest BCUT2D eigenvalue weighted by molar-refractivity contribution is 0.0977. The fraction of sp³-hybridized carbons (Fsp3) is 0.0870. The van der Waals surface area contributed by atoms with Gasteiger partial charge in [-0.25, -0.2) is 9.37 Å². The molecule has 6 nitrogen and oxygen atoms in total. The lowest BCUT2D eigenvalue weighted by Gasteiger charge is -2.10. The van der Waals surface area contributed by atoms with E-state index in [0.29, 0.717) is 46.2 Å². The van der Waals surface area contributed by atoms with Crippen LogP contribution in [0.2, 0.25) is 0 Å². The lowest BCUT2D eigenvalue weighted by atomic mass is 10.2. The van der Waals surface area contributed by atoms with Crippen molar-refractivity contribution in [1.82, 2.24) is 10.3 Å². The van der Waals surface area contributed by atoms with Crippen molar-refractivity contribution in [3.8, 4) is 17.2 Å². The van der Waals surface area contributed by atoms with Gasteiger partial charge in [0.2, 0.25) is 5.89 Å². The molecule has 1 amide bonds. The van der Waals surface area contributed by atoms with Crippen LogP contribution < -0.4 is 15.4 Å². The highest BCUT2D eigenvalue weighted by molar-refractivity contribution is 7.80. The van der Waals surface area contributed by atoms with Crippen molar-refractivity contribution in [2.24, 2.45) is 0 Å². The summed E-state index contributed by atoms with van der Waals surface area (Å²) in [6.07, 6.45) is 0. The molecule has 0 atom stereocenters. The number of fused-ring (bicyclic) bond motifs is 1. The molecule has 0 aliphatic heterocycles. The van der Waals surface area contributed by atoms with Crippen LogP contribution >= 0.6 is 12.2 Å². The second-order valence-corrected chi connectivity index (χ2v) is 6.98. The topological polar surface area (TPSA) is 76.4 Å². The highest BCUT2D eigenvalue weighted by atomic mass is 32.1. The van der Waals surface area contributed by atoms with Crippen molar-refractivity contribution in [2.45, 2.75) is 6.92 Å². The van der Waals surface area contributed by atoms with E-state index in [1.165, 1.54) is 12.1 Å². The average molecular weight is 435 g/mol. The number of thiocarbonyl (C=S) groups is 1. The zero-order chi connectivity index (χ0) is 21.8. The summed E-state index contributed by atoms with van der Waals surface area (Å²) in [4.78, 5) is 16.8. The summed E-state index contributed by atoms with van der Waals surface area (Å²) in [5, 5.41) is 5.76. The Hall–Kier alpha value is -3.78. The maximum atomic E-state index is 13.1. The minimum atomic E-state index is -0.332. The van der Waals surface area contributed by atoms with Crippen LogP contribution in [-0.2, 0) is 0 Å². The Morgan fingerprint density at radius 1 is 1.10 bits per heavy atom. The molecular weight excluding hydrogens is 417 g/mol. The molecule has 31 heavy (non-hydrogen) atoms. The molecule has 1 heterocycles. The van der Waals surface area contributed by atoms with Gasteiger partial charge in [-0.3, -0.25) is 10.1 Å². The normalized spacial score (nSPS) is 10.6. The first kappa shape index (κ1) is 20.5. The summed E-state index contributed by atoms with van der Waals surface area (Å²) >= 11 is 5.25. The van der Waals surface area contributed by atoms with E-state index in [-0.39, 0.29) is 16.8 Å². The van der Waals surface area contributed by atoms with Crippen molar-refractivity contribution in [2.75, 3.05) is 11.9 Å². The number of carbonyl (C=O) groups excluding carboxylic acids is 1. The first-order chi connectivity index (χ1) is 15.0. The van der Waals surface area contributed by atoms with Crippen molar-refractivity contribution in [3.05, 3.63) is 78.1 Å². The zero-order valence-corrected chi connectivity index (χ0v) is 17.3. The fourth-order valence-corrected chi connectivity index (χ4v) is 3.14. The third kappa shape index (κ3) is 4.87. The number of anilines is 1. The number of halogens is 1. The molecule has 2 N–H and O–H groups in total. The van der Waals surface area contributed by atoms with Crippen LogP contribution in [-0.4, -0.2) is 22.6 Å². The van der Waals surface area contributed by atoms with Crippen LogP contribution in [0, 0.1) is 5.82 Å². The van der Waals surface area contributed by atoms with Gasteiger partial charge in [0.15, 0.2) is 10.7 Å². The van der Waals surface area contributed by atoms with E-state index in [1.807, 2.05) is 6.92 Å². The predicted octanol–water partition coefficient (Wildman–Crippen LogP) is 5.16. The summed E-state index contributed by atoms with van der Waals surface area (Å²) < 4.78 is 24.2. The standard InChI is InChI=1S/C23H18FN3O3S/c1-2-29-18-10-5-14(6-11-18)21(28)27-23(31)25-17-9-12-20-19(13-17)26-22(30-20)15-3-7-16(24)8-4-15/h3-13H,2H2,1H3,(H2,25,27,28,31). The first-order valence-electron chi connectivity index (χ1n) is 9.53. The van der Waals surface area contributed by atoms with Gasteiger partial charge in [-0.15, -0.1) is 0 Å². The zero-order valence-electron chi connectivity index (χ0n) is 16.5. The summed E-state index contributed by atoms with van der Waals surface area (Å²) in [5.74, 6) is 0.424. The molecule has 4 rings (SSSR count). The number of carbonyl (C=O) groups is 1. The largest absolute Gasteiger partial charge is 0.494 e. The molecule has 3 aromatic carbocycles. The number of benzene rings is 3. The summed E-state index contributed by atoms with van der Waals surface area (Å²) in [5.41, 5.74) is 2.95. The van der Waals surface area contributed by atoms with E-state index in [9.17, 15) is 9.18 Å². The minimum absolute atomic E-state index is 0.153. The molecule has 0 unspecified atom stereocenters. The number of ether oxygens (including phenoxy) is 1. The monoisotopic (exact) mass is 435 g/mol. The summed E-state index contributed by atoms with van der Waals surface area (Å²) in [7, 11) is 0. The number of aromatic nitrogens is 1. The maximum Gasteiger partial charge on any atom is 0.257 e. The van der Waals surface area contributed by atoms with Crippen LogP contribution in [0.4, 0.5) is 10.1 Å². The number of nitrogens with zero attached hydrogens (tertiary/aromatic N) is 1. The van der Waals surface area contributed by atoms with Crippen LogP contribution in [0.3, 0.4) is 0 Å². The van der Waals surface area contributed by atoms with Gasteiger partial charge >= 0.3 is 0 Å². The molecule has 1 aromatic heterocycles. The van der Waals surface area contributed by atoms with Gasteiger partial charge in [0.1, 0.15) is 17.1 Å². The molecule has 156 valence electrons. The molecule has 8 heteroatoms. The second kappa shape index (κ2) is 8.93. The molecule has 0 spiro atoms. The van der Waals surface area contributed by atoms with E-state index in [0.717, 1.165) is 0 Å². The quantitative estimate of drug-likeness (QED) is 0.422. The van der Waals surface area contributed by atoms with Crippen LogP contribution in [0.15, 0.2) is 71.1 Å². The Kier molecular flexibility index (Phi) is 5.90. The van der Waals surface area contributed by atoms with Gasteiger partial charge in [-0.05, 0) is 85.9 Å². The molecule has 4 aromatic rings. The average Bonchev–Trinajstić information content (AvgIpc) is 3.18. The third-order valence-corrected chi connectivity index (χ3v) is 4.60. The fourth-order valence-electron chi connectivity index (χ4n) is 2.93. The molecule has 0 saturated heterocycles. The molecular formula is C23H18FN3O3S. The number of nitrogens with one attached hydrogen (secondary N) is 2. The summed E-state index contributed by atoms with van der Waals surface area (Å²) in [6.45, 7) is 2.45. The number of oxazole rings is 1. The molecule has 0 aliphatic carbocycles. The smallest absolute Gasteiger partial charge is 0.257 e. The molecule has 0 radical (unpaired) electrons. The minimum Gasteiger partial charge on any atom is -0.494 e. The van der Waals surface area contributed by atoms with Crippen LogP contribution in [0.1, 0.15) is 17.3 Å². The van der Waals surface area contributed by atoms with E-state index in [2.05, 4.69) is 15.6 Å². The van der Waals surface area contributed by atoms with Crippen molar-refractivity contribution in [1.29, 1.82) is 0 Å². The van der Waals surface area contributed by atoms with Crippen LogP contribution in [0.25, 0.3) is 22.6 Å². The van der Waals surface area contributed by atoms with Gasteiger partial charge in [-0.2, -0.15) is 0 Å². The lowest BCUT2D eigenvalue weighted by Crippen LogP contribution is -2.34. The number of rotatable bonds is 5. The molecule has 0 saturated carbocycles. The van der Waals surface area contributed by atoms with Gasteiger partial charge in [0.05, 0.1) is 6.61 Å². The Morgan fingerprint density at radius 2 is 1.84 bits per heavy atom. The van der Waals surface area contributed by atoms with E-state index < -0.39 is 0 Å². The number of hydrogen-bond acceptors (Lipinski definition) is 5. The maximum absolute atomic E-state index is 13.1. The van der Waals surface area contributed by atoms with Gasteiger partial charge in [0.25, 0.3) is 5.91 Å². The van der Waals surface area contributed by atoms with Crippen molar-refractivity contribution in [3.63, 3.8) is 0 Å². The van der Waals surface area contributed by atoms with Crippen molar-refractivity contribution >= 4 is 40.0 Å². The SMILES string of the molecule is CCOc1ccc(C(=O)NC(=S)Nc2ccc3oc(-c4ccc(F)cc4)nc3c2)cc1. The highest BCUT2D eigenvalue weighted by Crippen LogP contribution is 2.26. The Balaban J connectivity index is 1.43. The molecule has 0 fully saturated rings. The third-order valence-electron chi connectivity index (χ3n) is 4.39. The molecule has 0 bridgehead atoms. The Morgan fingerprint density at radius 3 is 2.55 bits per heavy atom. The van der Waals surface area contributed by atoms with Gasteiger partial charge in [0, 0.05) is 16.8 Å². The summed E-state index contributed by atoms with van der Waals surface area (Å²) in [6, 6.07) is 18.0. The number of hydrogen-bond donors (Lipinski definition) is 2. The highest BCUT2D eigenvalue weighted by Gasteiger charge is 2.11. The number of amides is 1.